The second kappa shape index (κ2) is 4.64. The molecule has 3 rings (SSSR count). The Hall–Kier alpha value is -2.35. The monoisotopic (exact) mass is 299 g/mol. The Morgan fingerprint density at radius 3 is 2.60 bits per heavy atom. The van der Waals surface area contributed by atoms with Gasteiger partial charge in [0, 0.05) is 12.1 Å². The maximum atomic E-state index is 13.6. The number of nitrogens with one attached hydrogen (secondary N) is 2. The summed E-state index contributed by atoms with van der Waals surface area (Å²) in [7, 11) is 0. The third-order valence-electron chi connectivity index (χ3n) is 2.52. The van der Waals surface area contributed by atoms with E-state index in [0.29, 0.717) is 17.6 Å². The van der Waals surface area contributed by atoms with Crippen LogP contribution in [-0.2, 0) is 0 Å². The Morgan fingerprint density at radius 2 is 1.80 bits per heavy atom. The van der Waals surface area contributed by atoms with Gasteiger partial charge in [-0.2, -0.15) is 9.97 Å². The number of aromatic nitrogens is 4. The lowest BCUT2D eigenvalue weighted by atomic mass is 10.2. The fourth-order valence-corrected chi connectivity index (χ4v) is 1.81. The standard InChI is InChI=1S/C11H5ClF3N5/c12-11-19-9-8(16-3-17-9)10(20-11)18-7-2-5(14)4(13)1-6(7)15/h1-3H,(H2,16,17,18,19,20). The van der Waals surface area contributed by atoms with E-state index >= 15 is 0 Å². The van der Waals surface area contributed by atoms with Crippen molar-refractivity contribution < 1.29 is 13.2 Å². The number of H-pyrrole nitrogens is 1. The van der Waals surface area contributed by atoms with Crippen molar-refractivity contribution in [1.29, 1.82) is 0 Å². The Labute approximate surface area is 114 Å². The van der Waals surface area contributed by atoms with Crippen LogP contribution in [0.25, 0.3) is 11.2 Å². The van der Waals surface area contributed by atoms with Crippen LogP contribution in [0.1, 0.15) is 0 Å². The number of anilines is 2. The summed E-state index contributed by atoms with van der Waals surface area (Å²) in [4.78, 5) is 14.3. The number of hydrogen-bond donors (Lipinski definition) is 2. The number of rotatable bonds is 2. The number of benzene rings is 1. The van der Waals surface area contributed by atoms with Crippen molar-refractivity contribution in [2.45, 2.75) is 0 Å². The molecule has 0 saturated carbocycles. The molecule has 0 bridgehead atoms. The summed E-state index contributed by atoms with van der Waals surface area (Å²) in [6, 6.07) is 1.12. The van der Waals surface area contributed by atoms with Crippen LogP contribution in [0.5, 0.6) is 0 Å². The molecule has 0 unspecified atom stereocenters. The normalized spacial score (nSPS) is 11.0. The van der Waals surface area contributed by atoms with E-state index in [0.717, 1.165) is 0 Å². The molecule has 0 saturated heterocycles. The van der Waals surface area contributed by atoms with Gasteiger partial charge in [0.2, 0.25) is 5.28 Å². The van der Waals surface area contributed by atoms with Gasteiger partial charge in [-0.15, -0.1) is 0 Å². The number of fused-ring (bicyclic) bond motifs is 1. The molecule has 0 amide bonds. The first-order valence-electron chi connectivity index (χ1n) is 5.33. The van der Waals surface area contributed by atoms with E-state index in [1.807, 2.05) is 0 Å². The molecule has 5 nitrogen and oxygen atoms in total. The minimum absolute atomic E-state index is 0.0995. The minimum Gasteiger partial charge on any atom is -0.340 e. The topological polar surface area (TPSA) is 66.5 Å². The average molecular weight is 300 g/mol. The van der Waals surface area contributed by atoms with E-state index in [4.69, 9.17) is 11.6 Å². The van der Waals surface area contributed by atoms with E-state index in [2.05, 4.69) is 25.3 Å². The van der Waals surface area contributed by atoms with Crippen LogP contribution in [-0.4, -0.2) is 19.9 Å². The molecule has 9 heteroatoms. The highest BCUT2D eigenvalue weighted by Crippen LogP contribution is 2.25. The maximum absolute atomic E-state index is 13.6. The summed E-state index contributed by atoms with van der Waals surface area (Å²) in [6.45, 7) is 0. The molecule has 2 heterocycles. The SMILES string of the molecule is Fc1cc(F)c(Nc2nc(Cl)nc3nc[nH]c23)cc1F. The van der Waals surface area contributed by atoms with Gasteiger partial charge >= 0.3 is 0 Å². The second-order valence-corrected chi connectivity index (χ2v) is 4.15. The number of hydrogen-bond acceptors (Lipinski definition) is 4. The van der Waals surface area contributed by atoms with Gasteiger partial charge in [-0.05, 0) is 11.6 Å². The first-order valence-corrected chi connectivity index (χ1v) is 5.70. The summed E-state index contributed by atoms with van der Waals surface area (Å²) in [5.74, 6) is -3.33. The Bertz CT molecular complexity index is 804. The van der Waals surface area contributed by atoms with Crippen molar-refractivity contribution in [3.63, 3.8) is 0 Å². The molecule has 2 N–H and O–H groups in total. The molecule has 0 spiro atoms. The van der Waals surface area contributed by atoms with E-state index in [1.54, 1.807) is 0 Å². The highest BCUT2D eigenvalue weighted by Gasteiger charge is 2.14. The summed E-state index contributed by atoms with van der Waals surface area (Å²) in [5.41, 5.74) is 0.337. The number of halogens is 4. The van der Waals surface area contributed by atoms with Crippen molar-refractivity contribution in [2.75, 3.05) is 5.32 Å². The zero-order chi connectivity index (χ0) is 14.3. The van der Waals surface area contributed by atoms with Crippen LogP contribution in [0.15, 0.2) is 18.5 Å². The maximum Gasteiger partial charge on any atom is 0.226 e. The molecule has 20 heavy (non-hydrogen) atoms. The van der Waals surface area contributed by atoms with Gasteiger partial charge in [-0.1, -0.05) is 0 Å². The number of aromatic amines is 1. The first-order chi connectivity index (χ1) is 9.54. The predicted octanol–water partition coefficient (Wildman–Crippen LogP) is 3.17. The lowest BCUT2D eigenvalue weighted by Gasteiger charge is -2.08. The highest BCUT2D eigenvalue weighted by molar-refractivity contribution is 6.28. The fraction of sp³-hybridized carbons (Fsp3) is 0. The average Bonchev–Trinajstić information content (AvgIpc) is 2.84. The molecular formula is C11H5ClF3N5. The van der Waals surface area contributed by atoms with Crippen LogP contribution in [0.2, 0.25) is 5.28 Å². The van der Waals surface area contributed by atoms with Gasteiger partial charge < -0.3 is 10.3 Å². The summed E-state index contributed by atoms with van der Waals surface area (Å²) in [5, 5.41) is 2.41. The van der Waals surface area contributed by atoms with Gasteiger partial charge in [0.25, 0.3) is 0 Å². The summed E-state index contributed by atoms with van der Waals surface area (Å²) < 4.78 is 39.6. The van der Waals surface area contributed by atoms with Crippen molar-refractivity contribution in [1.82, 2.24) is 19.9 Å². The number of imidazole rings is 1. The zero-order valence-electron chi connectivity index (χ0n) is 9.59. The molecule has 3 aromatic rings. The lowest BCUT2D eigenvalue weighted by Crippen LogP contribution is -2.01. The fourth-order valence-electron chi connectivity index (χ4n) is 1.64. The van der Waals surface area contributed by atoms with Crippen LogP contribution < -0.4 is 5.32 Å². The smallest absolute Gasteiger partial charge is 0.226 e. The Balaban J connectivity index is 2.09. The Morgan fingerprint density at radius 1 is 1.05 bits per heavy atom. The van der Waals surface area contributed by atoms with Crippen LogP contribution in [0, 0.1) is 17.5 Å². The lowest BCUT2D eigenvalue weighted by molar-refractivity contribution is 0.496. The van der Waals surface area contributed by atoms with E-state index in [-0.39, 0.29) is 22.4 Å². The van der Waals surface area contributed by atoms with Gasteiger partial charge in [0.15, 0.2) is 23.1 Å². The molecule has 0 atom stereocenters. The van der Waals surface area contributed by atoms with E-state index in [9.17, 15) is 13.2 Å². The van der Waals surface area contributed by atoms with Crippen molar-refractivity contribution in [3.8, 4) is 0 Å². The largest absolute Gasteiger partial charge is 0.340 e. The summed E-state index contributed by atoms with van der Waals surface area (Å²) >= 11 is 5.70. The van der Waals surface area contributed by atoms with Crippen LogP contribution in [0.4, 0.5) is 24.7 Å². The quantitative estimate of drug-likeness (QED) is 0.563. The molecule has 1 aromatic carbocycles. The molecule has 2 aromatic heterocycles. The van der Waals surface area contributed by atoms with Crippen LogP contribution >= 0.6 is 11.6 Å². The van der Waals surface area contributed by atoms with Gasteiger partial charge in [-0.3, -0.25) is 0 Å². The molecule has 0 fully saturated rings. The van der Waals surface area contributed by atoms with Crippen LogP contribution in [0.3, 0.4) is 0 Å². The third-order valence-corrected chi connectivity index (χ3v) is 2.69. The molecule has 0 aliphatic heterocycles. The minimum atomic E-state index is -1.28. The van der Waals surface area contributed by atoms with Crippen molar-refractivity contribution in [3.05, 3.63) is 41.2 Å². The summed E-state index contributed by atoms with van der Waals surface area (Å²) in [6.07, 6.45) is 1.35. The first kappa shape index (κ1) is 12.7. The molecular weight excluding hydrogens is 295 g/mol. The van der Waals surface area contributed by atoms with E-state index in [1.165, 1.54) is 6.33 Å². The zero-order valence-corrected chi connectivity index (χ0v) is 10.3. The second-order valence-electron chi connectivity index (χ2n) is 3.81. The third kappa shape index (κ3) is 2.14. The molecule has 0 aliphatic carbocycles. The molecule has 0 aliphatic rings. The van der Waals surface area contributed by atoms with Crippen molar-refractivity contribution >= 4 is 34.3 Å². The van der Waals surface area contributed by atoms with Gasteiger partial charge in [-0.25, -0.2) is 18.2 Å². The molecule has 0 radical (unpaired) electrons. The van der Waals surface area contributed by atoms with E-state index < -0.39 is 17.5 Å². The highest BCUT2D eigenvalue weighted by atomic mass is 35.5. The number of nitrogens with zero attached hydrogens (tertiary/aromatic N) is 3. The Kier molecular flexibility index (Phi) is 2.94. The van der Waals surface area contributed by atoms with Gasteiger partial charge in [0.1, 0.15) is 11.3 Å². The van der Waals surface area contributed by atoms with Gasteiger partial charge in [0.05, 0.1) is 12.0 Å². The van der Waals surface area contributed by atoms with Crippen molar-refractivity contribution in [2.24, 2.45) is 0 Å². The predicted molar refractivity (Wildman–Crippen MR) is 66.3 cm³/mol. The molecule has 102 valence electrons.